The van der Waals surface area contributed by atoms with Gasteiger partial charge in [-0.3, -0.25) is 4.79 Å². The molecule has 1 aromatic heterocycles. The second-order valence-corrected chi connectivity index (χ2v) is 10.2. The Labute approximate surface area is 249 Å². The van der Waals surface area contributed by atoms with Crippen LogP contribution >= 0.6 is 0 Å². The summed E-state index contributed by atoms with van der Waals surface area (Å²) in [5, 5.41) is 99.2. The van der Waals surface area contributed by atoms with Crippen LogP contribution < -0.4 is 14.9 Å². The summed E-state index contributed by atoms with van der Waals surface area (Å²) in [6, 6.07) is 6.47. The lowest BCUT2D eigenvalue weighted by Gasteiger charge is -2.38. The van der Waals surface area contributed by atoms with Gasteiger partial charge in [0.15, 0.2) is 29.1 Å². The Hall–Kier alpha value is -4.53. The Bertz CT molecular complexity index is 1670. The average molecular weight is 638 g/mol. The molecule has 0 amide bonds. The summed E-state index contributed by atoms with van der Waals surface area (Å²) in [5.74, 6) is -5.38. The van der Waals surface area contributed by atoms with Crippen LogP contribution in [0, 0.1) is 0 Å². The molecule has 45 heavy (non-hydrogen) atoms. The third-order valence-corrected chi connectivity index (χ3v) is 7.15. The third-order valence-electron chi connectivity index (χ3n) is 7.15. The van der Waals surface area contributed by atoms with E-state index in [0.717, 1.165) is 30.3 Å². The molecule has 2 aromatic carbocycles. The minimum Gasteiger partial charge on any atom is -0.507 e. The standard InChI is InChI=1S/C27H26O18/c28-9-3-7(1-2-12(9)43-27-21(36)17(32)19(34)23(45-27)25(39)40)13-6-11(30)15-10(29)4-8(5-14(15)42-13)41-26-20(35)16(31)18(33)22(44-26)24(37)38/h1-6,16-23,26-29,31-36H,(H,37,38)(H,39,40)/t16-,17-,18-,19-,20+,21+,22-,23-,26+,27+/m0/s1. The van der Waals surface area contributed by atoms with Crippen LogP contribution in [0.1, 0.15) is 0 Å². The third kappa shape index (κ3) is 5.95. The monoisotopic (exact) mass is 638 g/mol. The lowest BCUT2D eigenvalue weighted by atomic mass is 9.99. The average Bonchev–Trinajstić information content (AvgIpc) is 2.97. The molecule has 242 valence electrons. The van der Waals surface area contributed by atoms with Crippen LogP contribution in [-0.4, -0.2) is 124 Å². The Morgan fingerprint density at radius 2 is 1.22 bits per heavy atom. The number of aliphatic carboxylic acids is 2. The molecule has 18 nitrogen and oxygen atoms in total. The van der Waals surface area contributed by atoms with E-state index in [9.17, 15) is 65.4 Å². The maximum absolute atomic E-state index is 12.9. The normalized spacial score (nSPS) is 31.8. The van der Waals surface area contributed by atoms with Crippen molar-refractivity contribution in [3.63, 3.8) is 0 Å². The minimum atomic E-state index is -1.97. The van der Waals surface area contributed by atoms with E-state index in [2.05, 4.69) is 0 Å². The number of hydrogen-bond acceptors (Lipinski definition) is 16. The van der Waals surface area contributed by atoms with Gasteiger partial charge in [0.25, 0.3) is 0 Å². The van der Waals surface area contributed by atoms with E-state index in [1.165, 1.54) is 6.07 Å². The van der Waals surface area contributed by atoms with Gasteiger partial charge in [0.2, 0.25) is 12.6 Å². The maximum atomic E-state index is 12.9. The number of aromatic hydroxyl groups is 2. The molecule has 0 saturated carbocycles. The van der Waals surface area contributed by atoms with Gasteiger partial charge in [0.1, 0.15) is 64.9 Å². The zero-order valence-electron chi connectivity index (χ0n) is 22.5. The van der Waals surface area contributed by atoms with Gasteiger partial charge in [-0.1, -0.05) is 0 Å². The molecular formula is C27H26O18. The molecule has 0 spiro atoms. The Balaban J connectivity index is 1.41. The molecular weight excluding hydrogens is 612 g/mol. The van der Waals surface area contributed by atoms with Gasteiger partial charge in [-0.05, 0) is 18.2 Å². The number of hydrogen-bond donors (Lipinski definition) is 10. The second-order valence-electron chi connectivity index (χ2n) is 10.2. The quantitative estimate of drug-likeness (QED) is 0.127. The smallest absolute Gasteiger partial charge is 0.335 e. The van der Waals surface area contributed by atoms with E-state index in [0.29, 0.717) is 0 Å². The van der Waals surface area contributed by atoms with E-state index in [-0.39, 0.29) is 33.8 Å². The van der Waals surface area contributed by atoms with Crippen molar-refractivity contribution in [3.05, 3.63) is 46.6 Å². The summed E-state index contributed by atoms with van der Waals surface area (Å²) in [4.78, 5) is 35.6. The van der Waals surface area contributed by atoms with Gasteiger partial charge in [0.05, 0.1) is 0 Å². The molecule has 0 unspecified atom stereocenters. The first-order valence-corrected chi connectivity index (χ1v) is 13.0. The summed E-state index contributed by atoms with van der Waals surface area (Å²) >= 11 is 0. The first kappa shape index (κ1) is 31.9. The predicted octanol–water partition coefficient (Wildman–Crippen LogP) is -2.59. The highest BCUT2D eigenvalue weighted by molar-refractivity contribution is 5.86. The number of rotatable bonds is 7. The molecule has 5 rings (SSSR count). The fourth-order valence-electron chi connectivity index (χ4n) is 4.78. The van der Waals surface area contributed by atoms with Gasteiger partial charge in [-0.2, -0.15) is 0 Å². The number of carboxylic acid groups (broad SMARTS) is 2. The molecule has 0 bridgehead atoms. The highest BCUT2D eigenvalue weighted by atomic mass is 16.7. The SMILES string of the molecule is O=C(O)[C@H]1O[C@@H](Oc2cc(O)c3c(=O)cc(-c4ccc(O[C@@H]5O[C@H](C(=O)O)[C@@H](O)[C@H](O)[C@H]5O)c(O)c4)oc3c2)[C@H](O)[C@@H](O)[C@@H]1O. The van der Waals surface area contributed by atoms with E-state index in [1.807, 2.05) is 0 Å². The number of fused-ring (bicyclic) bond motifs is 1. The number of carbonyl (C=O) groups is 2. The minimum absolute atomic E-state index is 0.0705. The number of benzene rings is 2. The Morgan fingerprint density at radius 1 is 0.667 bits per heavy atom. The summed E-state index contributed by atoms with van der Waals surface area (Å²) in [6.45, 7) is 0. The fourth-order valence-corrected chi connectivity index (χ4v) is 4.78. The lowest BCUT2D eigenvalue weighted by Crippen LogP contribution is -2.61. The van der Waals surface area contributed by atoms with Crippen molar-refractivity contribution in [2.45, 2.75) is 61.4 Å². The summed E-state index contributed by atoms with van der Waals surface area (Å²) in [7, 11) is 0. The molecule has 18 heteroatoms. The van der Waals surface area contributed by atoms with Gasteiger partial charge in [-0.25, -0.2) is 9.59 Å². The molecule has 3 aromatic rings. The molecule has 2 saturated heterocycles. The van der Waals surface area contributed by atoms with Crippen LogP contribution in [0.5, 0.6) is 23.0 Å². The molecule has 0 aliphatic carbocycles. The maximum Gasteiger partial charge on any atom is 0.335 e. The second kappa shape index (κ2) is 12.1. The van der Waals surface area contributed by atoms with E-state index < -0.39 is 90.3 Å². The molecule has 3 heterocycles. The molecule has 0 radical (unpaired) electrons. The van der Waals surface area contributed by atoms with Crippen molar-refractivity contribution in [1.29, 1.82) is 0 Å². The van der Waals surface area contributed by atoms with Gasteiger partial charge >= 0.3 is 11.9 Å². The molecule has 2 aliphatic rings. The van der Waals surface area contributed by atoms with Gasteiger partial charge in [0, 0.05) is 23.8 Å². The highest BCUT2D eigenvalue weighted by Gasteiger charge is 2.49. The van der Waals surface area contributed by atoms with Crippen LogP contribution in [0.3, 0.4) is 0 Å². The lowest BCUT2D eigenvalue weighted by molar-refractivity contribution is -0.271. The summed E-state index contributed by atoms with van der Waals surface area (Å²) < 4.78 is 26.5. The fraction of sp³-hybridized carbons (Fsp3) is 0.370. The highest BCUT2D eigenvalue weighted by Crippen LogP contribution is 2.37. The van der Waals surface area contributed by atoms with Crippen molar-refractivity contribution in [2.75, 3.05) is 0 Å². The van der Waals surface area contributed by atoms with E-state index >= 15 is 0 Å². The predicted molar refractivity (Wildman–Crippen MR) is 141 cm³/mol. The van der Waals surface area contributed by atoms with E-state index in [4.69, 9.17) is 23.4 Å². The number of phenolic OH excluding ortho intramolecular Hbond substituents is 2. The number of aliphatic hydroxyl groups is 6. The topological polar surface area (TPSA) is 304 Å². The zero-order valence-corrected chi connectivity index (χ0v) is 22.5. The van der Waals surface area contributed by atoms with Crippen molar-refractivity contribution in [2.24, 2.45) is 0 Å². The van der Waals surface area contributed by atoms with Crippen LogP contribution in [0.2, 0.25) is 0 Å². The van der Waals surface area contributed by atoms with Crippen molar-refractivity contribution < 1.29 is 84.0 Å². The van der Waals surface area contributed by atoms with Crippen LogP contribution in [0.25, 0.3) is 22.3 Å². The Morgan fingerprint density at radius 3 is 1.76 bits per heavy atom. The van der Waals surface area contributed by atoms with Crippen LogP contribution in [0.15, 0.2) is 45.6 Å². The van der Waals surface area contributed by atoms with E-state index in [1.54, 1.807) is 0 Å². The summed E-state index contributed by atoms with van der Waals surface area (Å²) in [5.41, 5.74) is -0.959. The van der Waals surface area contributed by atoms with Gasteiger partial charge in [-0.15, -0.1) is 0 Å². The number of aliphatic hydroxyl groups excluding tert-OH is 6. The number of carboxylic acids is 2. The summed E-state index contributed by atoms with van der Waals surface area (Å²) in [6.07, 6.45) is -19.2. The first-order chi connectivity index (χ1) is 21.2. The number of ether oxygens (including phenoxy) is 4. The van der Waals surface area contributed by atoms with Crippen molar-refractivity contribution in [3.8, 4) is 34.3 Å². The molecule has 2 fully saturated rings. The Kier molecular flexibility index (Phi) is 8.58. The van der Waals surface area contributed by atoms with Gasteiger partial charge < -0.3 is 74.4 Å². The number of phenols is 2. The molecule has 2 aliphatic heterocycles. The van der Waals surface area contributed by atoms with Crippen molar-refractivity contribution >= 4 is 22.9 Å². The van der Waals surface area contributed by atoms with Crippen LogP contribution in [0.4, 0.5) is 0 Å². The first-order valence-electron chi connectivity index (χ1n) is 13.0. The van der Waals surface area contributed by atoms with Crippen molar-refractivity contribution in [1.82, 2.24) is 0 Å². The zero-order chi connectivity index (χ0) is 32.9. The van der Waals surface area contributed by atoms with Crippen LogP contribution in [-0.2, 0) is 19.1 Å². The molecule has 10 atom stereocenters. The largest absolute Gasteiger partial charge is 0.507 e. The molecule has 10 N–H and O–H groups in total.